The molecular weight excluding hydrogens is 458 g/mol. The van der Waals surface area contributed by atoms with Crippen LogP contribution in [0.15, 0.2) is 73.1 Å². The topological polar surface area (TPSA) is 118 Å². The second-order valence-electron chi connectivity index (χ2n) is 8.58. The Kier molecular flexibility index (Phi) is 6.36. The fourth-order valence-corrected chi connectivity index (χ4v) is 3.87. The molecule has 4 aromatic rings. The zero-order valence-corrected chi connectivity index (χ0v) is 19.6. The summed E-state index contributed by atoms with van der Waals surface area (Å²) in [7, 11) is 1.60. The van der Waals surface area contributed by atoms with Crippen LogP contribution in [0.1, 0.15) is 40.4 Å². The maximum atomic E-state index is 13.0. The molecule has 3 N–H and O–H groups in total. The van der Waals surface area contributed by atoms with Crippen molar-refractivity contribution in [2.45, 2.75) is 25.3 Å². The number of phenols is 1. The SMILES string of the molecule is COc1ccc(CNC(=O)n2nc(-c3cc(NC(=O)c4cccnc4)ccc3O)cc2C2CC2)cc1. The van der Waals surface area contributed by atoms with E-state index in [0.717, 1.165) is 29.8 Å². The quantitative estimate of drug-likeness (QED) is 0.332. The van der Waals surface area contributed by atoms with E-state index in [-0.39, 0.29) is 23.6 Å². The number of amides is 2. The number of hydrogen-bond donors (Lipinski definition) is 3. The molecular formula is C27H25N5O4. The summed E-state index contributed by atoms with van der Waals surface area (Å²) < 4.78 is 6.54. The first kappa shape index (κ1) is 23.1. The Bertz CT molecular complexity index is 1400. The number of benzene rings is 2. The summed E-state index contributed by atoms with van der Waals surface area (Å²) in [6, 6.07) is 17.0. The summed E-state index contributed by atoms with van der Waals surface area (Å²) in [6.45, 7) is 0.337. The van der Waals surface area contributed by atoms with Crippen molar-refractivity contribution < 1.29 is 19.4 Å². The lowest BCUT2D eigenvalue weighted by Gasteiger charge is -2.09. The van der Waals surface area contributed by atoms with Gasteiger partial charge in [-0.3, -0.25) is 9.78 Å². The molecule has 1 fully saturated rings. The van der Waals surface area contributed by atoms with Crippen LogP contribution in [-0.4, -0.2) is 38.9 Å². The van der Waals surface area contributed by atoms with Gasteiger partial charge in [-0.25, -0.2) is 4.79 Å². The van der Waals surface area contributed by atoms with Crippen molar-refractivity contribution in [2.75, 3.05) is 12.4 Å². The van der Waals surface area contributed by atoms with Gasteiger partial charge in [0.2, 0.25) is 0 Å². The zero-order valence-electron chi connectivity index (χ0n) is 19.6. The lowest BCUT2D eigenvalue weighted by molar-refractivity contribution is 0.102. The van der Waals surface area contributed by atoms with E-state index in [1.165, 1.54) is 16.9 Å². The molecule has 2 aromatic heterocycles. The number of nitrogens with zero attached hydrogens (tertiary/aromatic N) is 3. The van der Waals surface area contributed by atoms with Gasteiger partial charge < -0.3 is 20.5 Å². The van der Waals surface area contributed by atoms with E-state index in [4.69, 9.17) is 4.74 Å². The Balaban J connectivity index is 1.37. The summed E-state index contributed by atoms with van der Waals surface area (Å²) in [5.74, 6) is 0.673. The van der Waals surface area contributed by atoms with Crippen LogP contribution in [0.3, 0.4) is 0 Å². The number of pyridine rings is 1. The van der Waals surface area contributed by atoms with Gasteiger partial charge in [0, 0.05) is 36.1 Å². The number of methoxy groups -OCH3 is 1. The molecule has 0 bridgehead atoms. The molecule has 0 unspecified atom stereocenters. The van der Waals surface area contributed by atoms with Crippen LogP contribution in [0.5, 0.6) is 11.5 Å². The average Bonchev–Trinajstić information content (AvgIpc) is 3.67. The number of hydrogen-bond acceptors (Lipinski definition) is 6. The van der Waals surface area contributed by atoms with Crippen molar-refractivity contribution in [1.82, 2.24) is 20.1 Å². The maximum absolute atomic E-state index is 13.0. The van der Waals surface area contributed by atoms with E-state index in [1.54, 1.807) is 37.6 Å². The van der Waals surface area contributed by atoms with Gasteiger partial charge in [0.1, 0.15) is 11.5 Å². The highest BCUT2D eigenvalue weighted by Crippen LogP contribution is 2.42. The highest BCUT2D eigenvalue weighted by molar-refractivity contribution is 6.04. The van der Waals surface area contributed by atoms with E-state index >= 15 is 0 Å². The number of rotatable bonds is 7. The second kappa shape index (κ2) is 9.91. The number of phenolic OH excluding ortho intramolecular Hbond substituents is 1. The first-order valence-corrected chi connectivity index (χ1v) is 11.6. The van der Waals surface area contributed by atoms with Crippen molar-refractivity contribution in [3.8, 4) is 22.8 Å². The van der Waals surface area contributed by atoms with Crippen molar-refractivity contribution in [3.63, 3.8) is 0 Å². The van der Waals surface area contributed by atoms with Crippen LogP contribution >= 0.6 is 0 Å². The molecule has 2 aromatic carbocycles. The van der Waals surface area contributed by atoms with E-state index in [1.807, 2.05) is 30.3 Å². The van der Waals surface area contributed by atoms with Crippen LogP contribution in [0.2, 0.25) is 0 Å². The summed E-state index contributed by atoms with van der Waals surface area (Å²) in [4.78, 5) is 29.5. The number of ether oxygens (including phenoxy) is 1. The van der Waals surface area contributed by atoms with Gasteiger partial charge in [0.05, 0.1) is 24.1 Å². The highest BCUT2D eigenvalue weighted by atomic mass is 16.5. The van der Waals surface area contributed by atoms with E-state index in [0.29, 0.717) is 29.1 Å². The Morgan fingerprint density at radius 3 is 2.61 bits per heavy atom. The van der Waals surface area contributed by atoms with E-state index < -0.39 is 0 Å². The first-order valence-electron chi connectivity index (χ1n) is 11.6. The van der Waals surface area contributed by atoms with Crippen LogP contribution in [0.4, 0.5) is 10.5 Å². The predicted octanol–water partition coefficient (Wildman–Crippen LogP) is 4.55. The third-order valence-corrected chi connectivity index (χ3v) is 5.98. The van der Waals surface area contributed by atoms with Gasteiger partial charge in [-0.2, -0.15) is 9.78 Å². The molecule has 182 valence electrons. The molecule has 2 amide bonds. The standard InChI is InChI=1S/C27H25N5O4/c1-36-21-9-4-17(5-10-21)15-29-27(35)32-24(18-6-7-18)14-23(31-32)22-13-20(8-11-25(22)33)30-26(34)19-3-2-12-28-16-19/h2-5,8-14,16,18,33H,6-7,15H2,1H3,(H,29,35)(H,30,34). The Morgan fingerprint density at radius 1 is 1.11 bits per heavy atom. The highest BCUT2D eigenvalue weighted by Gasteiger charge is 2.30. The average molecular weight is 484 g/mol. The normalized spacial score (nSPS) is 12.7. The summed E-state index contributed by atoms with van der Waals surface area (Å²) >= 11 is 0. The number of aromatic hydroxyl groups is 1. The smallest absolute Gasteiger partial charge is 0.342 e. The number of carbonyl (C=O) groups excluding carboxylic acids is 2. The number of anilines is 1. The molecule has 0 saturated heterocycles. The van der Waals surface area contributed by atoms with Gasteiger partial charge in [0.25, 0.3) is 5.91 Å². The lowest BCUT2D eigenvalue weighted by Crippen LogP contribution is -2.30. The number of carbonyl (C=O) groups is 2. The van der Waals surface area contributed by atoms with Gasteiger partial charge in [-0.05, 0) is 66.9 Å². The molecule has 1 aliphatic rings. The predicted molar refractivity (Wildman–Crippen MR) is 134 cm³/mol. The lowest BCUT2D eigenvalue weighted by atomic mass is 10.1. The molecule has 9 nitrogen and oxygen atoms in total. The van der Waals surface area contributed by atoms with Gasteiger partial charge in [-0.1, -0.05) is 12.1 Å². The van der Waals surface area contributed by atoms with Crippen LogP contribution in [-0.2, 0) is 6.54 Å². The second-order valence-corrected chi connectivity index (χ2v) is 8.58. The van der Waals surface area contributed by atoms with Crippen LogP contribution in [0, 0.1) is 0 Å². The summed E-state index contributed by atoms with van der Waals surface area (Å²) in [6.07, 6.45) is 5.02. The Labute approximate surface area is 207 Å². The minimum atomic E-state index is -0.348. The Morgan fingerprint density at radius 2 is 1.92 bits per heavy atom. The number of aromatic nitrogens is 3. The van der Waals surface area contributed by atoms with Gasteiger partial charge >= 0.3 is 6.03 Å². The maximum Gasteiger partial charge on any atom is 0.342 e. The monoisotopic (exact) mass is 483 g/mol. The third-order valence-electron chi connectivity index (χ3n) is 5.98. The van der Waals surface area contributed by atoms with Gasteiger partial charge in [-0.15, -0.1) is 0 Å². The molecule has 0 radical (unpaired) electrons. The zero-order chi connectivity index (χ0) is 25.1. The van der Waals surface area contributed by atoms with Crippen molar-refractivity contribution in [2.24, 2.45) is 0 Å². The molecule has 2 heterocycles. The van der Waals surface area contributed by atoms with E-state index in [9.17, 15) is 14.7 Å². The molecule has 1 aliphatic carbocycles. The van der Waals surface area contributed by atoms with Gasteiger partial charge in [0.15, 0.2) is 0 Å². The first-order chi connectivity index (χ1) is 17.5. The molecule has 1 saturated carbocycles. The fourth-order valence-electron chi connectivity index (χ4n) is 3.87. The summed E-state index contributed by atoms with van der Waals surface area (Å²) in [5, 5.41) is 20.8. The molecule has 0 atom stereocenters. The van der Waals surface area contributed by atoms with Crippen molar-refractivity contribution in [1.29, 1.82) is 0 Å². The largest absolute Gasteiger partial charge is 0.507 e. The van der Waals surface area contributed by atoms with Crippen LogP contribution in [0.25, 0.3) is 11.3 Å². The minimum Gasteiger partial charge on any atom is -0.507 e. The molecule has 5 rings (SSSR count). The Hall–Kier alpha value is -4.66. The molecule has 9 heteroatoms. The number of nitrogens with one attached hydrogen (secondary N) is 2. The van der Waals surface area contributed by atoms with E-state index in [2.05, 4.69) is 20.7 Å². The summed E-state index contributed by atoms with van der Waals surface area (Å²) in [5.41, 5.74) is 3.50. The molecule has 0 spiro atoms. The molecule has 0 aliphatic heterocycles. The third kappa shape index (κ3) is 5.05. The van der Waals surface area contributed by atoms with Crippen LogP contribution < -0.4 is 15.4 Å². The van der Waals surface area contributed by atoms with Crippen molar-refractivity contribution >= 4 is 17.6 Å². The minimum absolute atomic E-state index is 0.0000136. The fraction of sp³-hybridized carbons (Fsp3) is 0.185. The van der Waals surface area contributed by atoms with Crippen molar-refractivity contribution in [3.05, 3.63) is 89.9 Å². The molecule has 36 heavy (non-hydrogen) atoms.